The highest BCUT2D eigenvalue weighted by atomic mass is 16.6. The molecule has 0 bridgehead atoms. The lowest BCUT2D eigenvalue weighted by Crippen LogP contribution is -2.37. The zero-order valence-electron chi connectivity index (χ0n) is 18.6. The fourth-order valence-electron chi connectivity index (χ4n) is 3.22. The number of aromatic nitrogens is 3. The Morgan fingerprint density at radius 3 is 2.34 bits per heavy atom. The first-order chi connectivity index (χ1) is 16.9. The Morgan fingerprint density at radius 1 is 0.971 bits per heavy atom. The van der Waals surface area contributed by atoms with Gasteiger partial charge in [0, 0.05) is 43.0 Å². The van der Waals surface area contributed by atoms with Crippen molar-refractivity contribution in [3.8, 4) is 0 Å². The van der Waals surface area contributed by atoms with Crippen LogP contribution in [0, 0.1) is 20.2 Å². The van der Waals surface area contributed by atoms with Crippen LogP contribution in [0.25, 0.3) is 0 Å². The van der Waals surface area contributed by atoms with Crippen LogP contribution in [0.2, 0.25) is 0 Å². The second-order valence-electron chi connectivity index (χ2n) is 7.43. The monoisotopic (exact) mass is 479 g/mol. The molecule has 1 aliphatic rings. The highest BCUT2D eigenvalue weighted by molar-refractivity contribution is 5.99. The number of nitro groups is 2. The van der Waals surface area contributed by atoms with E-state index in [1.54, 1.807) is 31.2 Å². The number of nitrogens with zero attached hydrogens (tertiary/aromatic N) is 7. The maximum absolute atomic E-state index is 11.1. The summed E-state index contributed by atoms with van der Waals surface area (Å²) in [6, 6.07) is 12.0. The number of non-ortho nitro benzene ring substituents is 2. The Hall–Kier alpha value is -4.72. The normalized spacial score (nSPS) is 13.9. The average Bonchev–Trinajstić information content (AvgIpc) is 2.88. The largest absolute Gasteiger partial charge is 0.378 e. The SMILES string of the molecule is CC(=NNc1nc(Nc2cccc([N+](=O)[O-])c2)nc(N2CCOCC2)n1)c1ccc([N+](=O)[O-])cc1. The first-order valence-corrected chi connectivity index (χ1v) is 10.5. The Kier molecular flexibility index (Phi) is 7.02. The zero-order valence-corrected chi connectivity index (χ0v) is 18.6. The molecule has 14 nitrogen and oxygen atoms in total. The van der Waals surface area contributed by atoms with E-state index in [4.69, 9.17) is 4.74 Å². The fourth-order valence-corrected chi connectivity index (χ4v) is 3.22. The number of nitro benzene ring substituents is 2. The predicted octanol–water partition coefficient (Wildman–Crippen LogP) is 3.10. The molecule has 0 unspecified atom stereocenters. The lowest BCUT2D eigenvalue weighted by atomic mass is 10.1. The van der Waals surface area contributed by atoms with Crippen molar-refractivity contribution >= 4 is 40.6 Å². The van der Waals surface area contributed by atoms with E-state index in [9.17, 15) is 20.2 Å². The van der Waals surface area contributed by atoms with Crippen LogP contribution in [0.15, 0.2) is 53.6 Å². The van der Waals surface area contributed by atoms with Gasteiger partial charge in [-0.15, -0.1) is 0 Å². The van der Waals surface area contributed by atoms with Crippen molar-refractivity contribution < 1.29 is 14.6 Å². The van der Waals surface area contributed by atoms with Gasteiger partial charge in [0.1, 0.15) is 0 Å². The van der Waals surface area contributed by atoms with E-state index in [-0.39, 0.29) is 23.3 Å². The van der Waals surface area contributed by atoms with Crippen LogP contribution in [0.4, 0.5) is 34.9 Å². The molecule has 180 valence electrons. The van der Waals surface area contributed by atoms with Crippen molar-refractivity contribution in [3.05, 3.63) is 74.3 Å². The van der Waals surface area contributed by atoms with Crippen molar-refractivity contribution in [2.45, 2.75) is 6.92 Å². The summed E-state index contributed by atoms with van der Waals surface area (Å²) in [6.07, 6.45) is 0. The molecule has 35 heavy (non-hydrogen) atoms. The minimum atomic E-state index is -0.486. The molecular formula is C21H21N9O5. The first kappa shape index (κ1) is 23.4. The first-order valence-electron chi connectivity index (χ1n) is 10.5. The molecule has 14 heteroatoms. The van der Waals surface area contributed by atoms with E-state index in [0.29, 0.717) is 49.2 Å². The van der Waals surface area contributed by atoms with Crippen LogP contribution in [-0.4, -0.2) is 56.8 Å². The maximum atomic E-state index is 11.1. The molecule has 0 amide bonds. The fraction of sp³-hybridized carbons (Fsp3) is 0.238. The third-order valence-electron chi connectivity index (χ3n) is 5.05. The summed E-state index contributed by atoms with van der Waals surface area (Å²) < 4.78 is 5.39. The summed E-state index contributed by atoms with van der Waals surface area (Å²) in [5.74, 6) is 0.713. The van der Waals surface area contributed by atoms with Gasteiger partial charge in [0.05, 0.1) is 28.8 Å². The third-order valence-corrected chi connectivity index (χ3v) is 5.05. The Labute approximate surface area is 199 Å². The van der Waals surface area contributed by atoms with Crippen molar-refractivity contribution in [2.75, 3.05) is 41.9 Å². The highest BCUT2D eigenvalue weighted by Gasteiger charge is 2.17. The standard InChI is InChI=1S/C21H21N9O5/c1-14(15-5-7-17(8-6-15)29(31)32)26-27-20-23-19(22-16-3-2-4-18(13-16)30(33)34)24-21(25-20)28-9-11-35-12-10-28/h2-8,13H,9-12H2,1H3,(H2,22,23,24,25,27). The number of ether oxygens (including phenoxy) is 1. The third kappa shape index (κ3) is 6.00. The number of morpholine rings is 1. The van der Waals surface area contributed by atoms with Gasteiger partial charge < -0.3 is 15.0 Å². The molecule has 3 aromatic rings. The number of hydrazone groups is 1. The summed E-state index contributed by atoms with van der Waals surface area (Å²) in [7, 11) is 0. The molecular weight excluding hydrogens is 458 g/mol. The topological polar surface area (TPSA) is 174 Å². The smallest absolute Gasteiger partial charge is 0.271 e. The van der Waals surface area contributed by atoms with Gasteiger partial charge in [0.2, 0.25) is 17.8 Å². The van der Waals surface area contributed by atoms with Crippen LogP contribution in [0.3, 0.4) is 0 Å². The average molecular weight is 479 g/mol. The molecule has 1 saturated heterocycles. The second kappa shape index (κ2) is 10.5. The van der Waals surface area contributed by atoms with Gasteiger partial charge in [-0.2, -0.15) is 20.1 Å². The number of hydrogen-bond acceptors (Lipinski definition) is 12. The molecule has 2 heterocycles. The van der Waals surface area contributed by atoms with E-state index >= 15 is 0 Å². The Balaban J connectivity index is 1.60. The molecule has 0 radical (unpaired) electrons. The van der Waals surface area contributed by atoms with E-state index in [0.717, 1.165) is 0 Å². The van der Waals surface area contributed by atoms with E-state index in [1.807, 2.05) is 4.90 Å². The Morgan fingerprint density at radius 2 is 1.66 bits per heavy atom. The molecule has 2 N–H and O–H groups in total. The lowest BCUT2D eigenvalue weighted by Gasteiger charge is -2.27. The van der Waals surface area contributed by atoms with E-state index in [1.165, 1.54) is 24.3 Å². The molecule has 1 aromatic heterocycles. The van der Waals surface area contributed by atoms with Crippen LogP contribution >= 0.6 is 0 Å². The van der Waals surface area contributed by atoms with Gasteiger partial charge in [-0.05, 0) is 30.7 Å². The Bertz CT molecular complexity index is 1260. The van der Waals surface area contributed by atoms with E-state index in [2.05, 4.69) is 30.8 Å². The summed E-state index contributed by atoms with van der Waals surface area (Å²) in [5, 5.41) is 29.2. The number of benzene rings is 2. The minimum absolute atomic E-state index is 0.0148. The molecule has 1 aliphatic heterocycles. The minimum Gasteiger partial charge on any atom is -0.378 e. The van der Waals surface area contributed by atoms with Gasteiger partial charge in [-0.3, -0.25) is 20.2 Å². The quantitative estimate of drug-likeness (QED) is 0.276. The molecule has 0 atom stereocenters. The molecule has 0 spiro atoms. The predicted molar refractivity (Wildman–Crippen MR) is 128 cm³/mol. The van der Waals surface area contributed by atoms with Crippen molar-refractivity contribution in [1.29, 1.82) is 0 Å². The summed E-state index contributed by atoms with van der Waals surface area (Å²) >= 11 is 0. The number of nitrogens with one attached hydrogen (secondary N) is 2. The van der Waals surface area contributed by atoms with Crippen LogP contribution in [0.1, 0.15) is 12.5 Å². The molecule has 0 aliphatic carbocycles. The van der Waals surface area contributed by atoms with E-state index < -0.39 is 9.85 Å². The van der Waals surface area contributed by atoms with Crippen molar-refractivity contribution in [3.63, 3.8) is 0 Å². The van der Waals surface area contributed by atoms with Gasteiger partial charge in [-0.1, -0.05) is 6.07 Å². The number of rotatable bonds is 8. The lowest BCUT2D eigenvalue weighted by molar-refractivity contribution is -0.385. The molecule has 1 fully saturated rings. The van der Waals surface area contributed by atoms with Crippen LogP contribution in [0.5, 0.6) is 0 Å². The zero-order chi connectivity index (χ0) is 24.8. The van der Waals surface area contributed by atoms with Gasteiger partial charge in [0.25, 0.3) is 11.4 Å². The van der Waals surface area contributed by atoms with Gasteiger partial charge in [-0.25, -0.2) is 5.43 Å². The second-order valence-corrected chi connectivity index (χ2v) is 7.43. The van der Waals surface area contributed by atoms with Gasteiger partial charge in [0.15, 0.2) is 0 Å². The highest BCUT2D eigenvalue weighted by Crippen LogP contribution is 2.22. The number of hydrogen-bond donors (Lipinski definition) is 2. The van der Waals surface area contributed by atoms with Crippen LogP contribution in [-0.2, 0) is 4.74 Å². The van der Waals surface area contributed by atoms with Crippen LogP contribution < -0.4 is 15.6 Å². The van der Waals surface area contributed by atoms with Crippen molar-refractivity contribution in [2.24, 2.45) is 5.10 Å². The van der Waals surface area contributed by atoms with Gasteiger partial charge >= 0.3 is 0 Å². The molecule has 2 aromatic carbocycles. The summed E-state index contributed by atoms with van der Waals surface area (Å²) in [5.41, 5.74) is 4.39. The summed E-state index contributed by atoms with van der Waals surface area (Å²) in [6.45, 7) is 3.97. The number of anilines is 4. The van der Waals surface area contributed by atoms with Crippen molar-refractivity contribution in [1.82, 2.24) is 15.0 Å². The molecule has 4 rings (SSSR count). The molecule has 0 saturated carbocycles. The maximum Gasteiger partial charge on any atom is 0.271 e. The summed E-state index contributed by atoms with van der Waals surface area (Å²) in [4.78, 5) is 36.2.